The molecule has 2 heterocycles. The van der Waals surface area contributed by atoms with Gasteiger partial charge in [0.25, 0.3) is 0 Å². The average molecular weight is 233 g/mol. The standard InChI is InChI=1S/C12H19N5/c1-9-8-17(7-6-16(9)2)12-10(11(13)14)4-3-5-15-12/h3-5,9H,6-8H2,1-2H3,(H3,13,14). The van der Waals surface area contributed by atoms with Gasteiger partial charge < -0.3 is 15.5 Å². The van der Waals surface area contributed by atoms with Crippen molar-refractivity contribution in [1.29, 1.82) is 5.41 Å². The number of nitrogen functional groups attached to an aromatic ring is 1. The van der Waals surface area contributed by atoms with E-state index in [0.717, 1.165) is 31.0 Å². The Morgan fingerprint density at radius 1 is 1.53 bits per heavy atom. The molecule has 2 rings (SSSR count). The zero-order chi connectivity index (χ0) is 12.4. The second kappa shape index (κ2) is 4.71. The van der Waals surface area contributed by atoms with Crippen molar-refractivity contribution in [2.75, 3.05) is 31.6 Å². The predicted octanol–water partition coefficient (Wildman–Crippen LogP) is 0.506. The molecule has 1 saturated heterocycles. The number of pyridine rings is 1. The number of hydrogen-bond acceptors (Lipinski definition) is 4. The average Bonchev–Trinajstić information content (AvgIpc) is 2.32. The van der Waals surface area contributed by atoms with E-state index < -0.39 is 0 Å². The summed E-state index contributed by atoms with van der Waals surface area (Å²) in [5.74, 6) is 0.916. The second-order valence-corrected chi connectivity index (χ2v) is 4.56. The molecule has 0 spiro atoms. The van der Waals surface area contributed by atoms with Gasteiger partial charge >= 0.3 is 0 Å². The van der Waals surface area contributed by atoms with Gasteiger partial charge in [-0.1, -0.05) is 0 Å². The van der Waals surface area contributed by atoms with Crippen molar-refractivity contribution in [1.82, 2.24) is 9.88 Å². The first-order chi connectivity index (χ1) is 8.09. The quantitative estimate of drug-likeness (QED) is 0.577. The molecule has 5 nitrogen and oxygen atoms in total. The Balaban J connectivity index is 2.25. The number of rotatable bonds is 2. The predicted molar refractivity (Wildman–Crippen MR) is 69.6 cm³/mol. The van der Waals surface area contributed by atoms with E-state index >= 15 is 0 Å². The van der Waals surface area contributed by atoms with Gasteiger partial charge in [0.2, 0.25) is 0 Å². The summed E-state index contributed by atoms with van der Waals surface area (Å²) in [4.78, 5) is 8.91. The highest BCUT2D eigenvalue weighted by Gasteiger charge is 2.23. The van der Waals surface area contributed by atoms with E-state index in [4.69, 9.17) is 11.1 Å². The van der Waals surface area contributed by atoms with Crippen LogP contribution in [0, 0.1) is 5.41 Å². The fourth-order valence-electron chi connectivity index (χ4n) is 2.10. The lowest BCUT2D eigenvalue weighted by Gasteiger charge is -2.38. The van der Waals surface area contributed by atoms with Crippen LogP contribution >= 0.6 is 0 Å². The summed E-state index contributed by atoms with van der Waals surface area (Å²) in [6.45, 7) is 5.06. The molecule has 1 fully saturated rings. The zero-order valence-corrected chi connectivity index (χ0v) is 10.3. The molecule has 17 heavy (non-hydrogen) atoms. The van der Waals surface area contributed by atoms with Crippen LogP contribution in [-0.2, 0) is 0 Å². The van der Waals surface area contributed by atoms with Gasteiger partial charge in [-0.2, -0.15) is 0 Å². The Morgan fingerprint density at radius 2 is 2.29 bits per heavy atom. The molecule has 3 N–H and O–H groups in total. The lowest BCUT2D eigenvalue weighted by Crippen LogP contribution is -2.50. The third-order valence-corrected chi connectivity index (χ3v) is 3.34. The summed E-state index contributed by atoms with van der Waals surface area (Å²) in [5.41, 5.74) is 6.32. The smallest absolute Gasteiger partial charge is 0.139 e. The molecule has 1 atom stereocenters. The van der Waals surface area contributed by atoms with Gasteiger partial charge in [-0.15, -0.1) is 0 Å². The van der Waals surface area contributed by atoms with Crippen LogP contribution in [0.1, 0.15) is 12.5 Å². The van der Waals surface area contributed by atoms with Crippen LogP contribution in [0.5, 0.6) is 0 Å². The number of likely N-dealkylation sites (N-methyl/N-ethyl adjacent to an activating group) is 1. The highest BCUT2D eigenvalue weighted by atomic mass is 15.3. The summed E-state index contributed by atoms with van der Waals surface area (Å²) < 4.78 is 0. The van der Waals surface area contributed by atoms with Crippen molar-refractivity contribution in [3.05, 3.63) is 23.9 Å². The summed E-state index contributed by atoms with van der Waals surface area (Å²) >= 11 is 0. The SMILES string of the molecule is CC1CN(c2ncccc2C(=N)N)CCN1C. The van der Waals surface area contributed by atoms with Crippen molar-refractivity contribution >= 4 is 11.7 Å². The molecule has 5 heteroatoms. The highest BCUT2D eigenvalue weighted by Crippen LogP contribution is 2.19. The van der Waals surface area contributed by atoms with Gasteiger partial charge in [0.15, 0.2) is 0 Å². The number of nitrogens with zero attached hydrogens (tertiary/aromatic N) is 3. The minimum absolute atomic E-state index is 0.0830. The Kier molecular flexibility index (Phi) is 3.28. The first-order valence-corrected chi connectivity index (χ1v) is 5.84. The fraction of sp³-hybridized carbons (Fsp3) is 0.500. The van der Waals surface area contributed by atoms with Crippen molar-refractivity contribution in [3.8, 4) is 0 Å². The molecule has 1 aromatic rings. The summed E-state index contributed by atoms with van der Waals surface area (Å²) in [6, 6.07) is 4.17. The first kappa shape index (κ1) is 11.9. The number of piperazine rings is 1. The van der Waals surface area contributed by atoms with Crippen LogP contribution < -0.4 is 10.6 Å². The highest BCUT2D eigenvalue weighted by molar-refractivity contribution is 5.99. The van der Waals surface area contributed by atoms with Crippen molar-refractivity contribution in [2.24, 2.45) is 5.73 Å². The van der Waals surface area contributed by atoms with Crippen LogP contribution in [0.25, 0.3) is 0 Å². The number of nitrogens with one attached hydrogen (secondary N) is 1. The van der Waals surface area contributed by atoms with Crippen molar-refractivity contribution < 1.29 is 0 Å². The van der Waals surface area contributed by atoms with E-state index in [1.807, 2.05) is 12.1 Å². The molecule has 1 unspecified atom stereocenters. The molecule has 0 aliphatic carbocycles. The Morgan fingerprint density at radius 3 is 2.94 bits per heavy atom. The van der Waals surface area contributed by atoms with Crippen molar-refractivity contribution in [2.45, 2.75) is 13.0 Å². The third kappa shape index (κ3) is 2.39. The van der Waals surface area contributed by atoms with Gasteiger partial charge in [-0.05, 0) is 26.1 Å². The minimum atomic E-state index is 0.0830. The van der Waals surface area contributed by atoms with Gasteiger partial charge in [-0.25, -0.2) is 4.98 Å². The van der Waals surface area contributed by atoms with Gasteiger partial charge in [0.1, 0.15) is 11.7 Å². The molecule has 1 aliphatic heterocycles. The molecule has 0 aromatic carbocycles. The maximum absolute atomic E-state index is 7.59. The monoisotopic (exact) mass is 233 g/mol. The third-order valence-electron chi connectivity index (χ3n) is 3.34. The lowest BCUT2D eigenvalue weighted by atomic mass is 10.1. The first-order valence-electron chi connectivity index (χ1n) is 5.84. The molecule has 1 aromatic heterocycles. The van der Waals surface area contributed by atoms with E-state index in [1.165, 1.54) is 0 Å². The van der Waals surface area contributed by atoms with E-state index in [-0.39, 0.29) is 5.84 Å². The largest absolute Gasteiger partial charge is 0.384 e. The maximum atomic E-state index is 7.59. The van der Waals surface area contributed by atoms with Crippen LogP contribution in [0.4, 0.5) is 5.82 Å². The normalized spacial score (nSPS) is 21.5. The van der Waals surface area contributed by atoms with Gasteiger partial charge in [-0.3, -0.25) is 5.41 Å². The van der Waals surface area contributed by atoms with Crippen LogP contribution in [0.2, 0.25) is 0 Å². The molecule has 0 radical (unpaired) electrons. The summed E-state index contributed by atoms with van der Waals surface area (Å²) in [6.07, 6.45) is 1.75. The molecule has 0 amide bonds. The lowest BCUT2D eigenvalue weighted by molar-refractivity contribution is 0.233. The molecule has 0 bridgehead atoms. The molecule has 1 aliphatic rings. The number of hydrogen-bond donors (Lipinski definition) is 2. The van der Waals surface area contributed by atoms with Gasteiger partial charge in [0, 0.05) is 31.9 Å². The molecular weight excluding hydrogens is 214 g/mol. The van der Waals surface area contributed by atoms with Crippen molar-refractivity contribution in [3.63, 3.8) is 0 Å². The van der Waals surface area contributed by atoms with E-state index in [9.17, 15) is 0 Å². The number of aromatic nitrogens is 1. The van der Waals surface area contributed by atoms with Crippen LogP contribution in [0.15, 0.2) is 18.3 Å². The Bertz CT molecular complexity index is 417. The number of amidine groups is 1. The van der Waals surface area contributed by atoms with Crippen LogP contribution in [-0.4, -0.2) is 48.4 Å². The second-order valence-electron chi connectivity index (χ2n) is 4.56. The zero-order valence-electron chi connectivity index (χ0n) is 10.3. The topological polar surface area (TPSA) is 69.2 Å². The fourth-order valence-corrected chi connectivity index (χ4v) is 2.10. The molecule has 92 valence electrons. The molecular formula is C12H19N5. The Labute approximate surface area is 102 Å². The number of anilines is 1. The van der Waals surface area contributed by atoms with Gasteiger partial charge in [0.05, 0.1) is 5.56 Å². The van der Waals surface area contributed by atoms with E-state index in [1.54, 1.807) is 6.20 Å². The van der Waals surface area contributed by atoms with E-state index in [0.29, 0.717) is 6.04 Å². The minimum Gasteiger partial charge on any atom is -0.384 e. The summed E-state index contributed by atoms with van der Waals surface area (Å²) in [7, 11) is 2.13. The van der Waals surface area contributed by atoms with Crippen LogP contribution in [0.3, 0.4) is 0 Å². The number of nitrogens with two attached hydrogens (primary N) is 1. The Hall–Kier alpha value is -1.62. The summed E-state index contributed by atoms with van der Waals surface area (Å²) in [5, 5.41) is 7.59. The molecule has 0 saturated carbocycles. The maximum Gasteiger partial charge on any atom is 0.139 e. The van der Waals surface area contributed by atoms with E-state index in [2.05, 4.69) is 28.8 Å².